The van der Waals surface area contributed by atoms with Crippen LogP contribution in [0.4, 0.5) is 5.69 Å². The van der Waals surface area contributed by atoms with E-state index in [4.69, 9.17) is 4.74 Å². The standard InChI is InChI=1S/C12H16N2O4S2/c1-18-12-3-2-9(6-13-12)14-11(15)7-19-10-4-5-20(16,17)8-10/h2-3,6,10H,4-5,7-8H2,1H3,(H,14,15)/t10-/m1/s1. The lowest BCUT2D eigenvalue weighted by molar-refractivity contribution is -0.113. The highest BCUT2D eigenvalue weighted by Gasteiger charge is 2.28. The summed E-state index contributed by atoms with van der Waals surface area (Å²) in [6, 6.07) is 3.36. The average molecular weight is 316 g/mol. The summed E-state index contributed by atoms with van der Waals surface area (Å²) in [5.74, 6) is 0.968. The molecule has 6 nitrogen and oxygen atoms in total. The normalized spacial score (nSPS) is 20.6. The third-order valence-corrected chi connectivity index (χ3v) is 6.15. The summed E-state index contributed by atoms with van der Waals surface area (Å²) in [6.45, 7) is 0. The molecule has 0 aromatic carbocycles. The zero-order valence-electron chi connectivity index (χ0n) is 11.0. The van der Waals surface area contributed by atoms with Crippen molar-refractivity contribution < 1.29 is 17.9 Å². The molecule has 0 unspecified atom stereocenters. The van der Waals surface area contributed by atoms with Gasteiger partial charge in [-0.25, -0.2) is 13.4 Å². The topological polar surface area (TPSA) is 85.4 Å². The first-order valence-corrected chi connectivity index (χ1v) is 8.97. The molecule has 1 aliphatic rings. The number of thioether (sulfide) groups is 1. The number of amides is 1. The molecule has 2 rings (SSSR count). The minimum absolute atomic E-state index is 0.0275. The van der Waals surface area contributed by atoms with E-state index in [1.54, 1.807) is 12.1 Å². The number of nitrogens with zero attached hydrogens (tertiary/aromatic N) is 1. The highest BCUT2D eigenvalue weighted by molar-refractivity contribution is 8.02. The van der Waals surface area contributed by atoms with Gasteiger partial charge in [-0.3, -0.25) is 4.79 Å². The fourth-order valence-electron chi connectivity index (χ4n) is 1.86. The molecule has 0 spiro atoms. The minimum atomic E-state index is -2.89. The van der Waals surface area contributed by atoms with Gasteiger partial charge in [0.05, 0.1) is 36.3 Å². The molecule has 1 fully saturated rings. The van der Waals surface area contributed by atoms with Crippen LogP contribution in [-0.4, -0.2) is 48.9 Å². The lowest BCUT2D eigenvalue weighted by atomic mass is 10.4. The Kier molecular flexibility index (Phi) is 4.87. The van der Waals surface area contributed by atoms with Crippen LogP contribution in [0, 0.1) is 0 Å². The number of pyridine rings is 1. The van der Waals surface area contributed by atoms with Gasteiger partial charge in [-0.2, -0.15) is 0 Å². The molecule has 1 aliphatic heterocycles. The molecule has 1 aromatic rings. The lowest BCUT2D eigenvalue weighted by Crippen LogP contribution is -2.17. The number of rotatable bonds is 5. The van der Waals surface area contributed by atoms with E-state index >= 15 is 0 Å². The molecule has 20 heavy (non-hydrogen) atoms. The van der Waals surface area contributed by atoms with Crippen LogP contribution in [-0.2, 0) is 14.6 Å². The summed E-state index contributed by atoms with van der Waals surface area (Å²) in [6.07, 6.45) is 2.14. The van der Waals surface area contributed by atoms with E-state index in [1.807, 2.05) is 0 Å². The second-order valence-electron chi connectivity index (χ2n) is 4.47. The van der Waals surface area contributed by atoms with Crippen molar-refractivity contribution in [1.82, 2.24) is 4.98 Å². The monoisotopic (exact) mass is 316 g/mol. The van der Waals surface area contributed by atoms with Gasteiger partial charge in [0.1, 0.15) is 0 Å². The number of nitrogens with one attached hydrogen (secondary N) is 1. The first-order valence-electron chi connectivity index (χ1n) is 6.10. The number of methoxy groups -OCH3 is 1. The van der Waals surface area contributed by atoms with Crippen molar-refractivity contribution in [2.24, 2.45) is 0 Å². The molecular weight excluding hydrogens is 300 g/mol. The molecule has 1 saturated heterocycles. The number of anilines is 1. The predicted molar refractivity (Wildman–Crippen MR) is 78.9 cm³/mol. The second kappa shape index (κ2) is 6.45. The van der Waals surface area contributed by atoms with E-state index in [0.29, 0.717) is 18.0 Å². The van der Waals surface area contributed by atoms with Crippen molar-refractivity contribution in [3.8, 4) is 5.88 Å². The average Bonchev–Trinajstić information content (AvgIpc) is 2.77. The highest BCUT2D eigenvalue weighted by Crippen LogP contribution is 2.24. The van der Waals surface area contributed by atoms with Crippen LogP contribution in [0.15, 0.2) is 18.3 Å². The van der Waals surface area contributed by atoms with Gasteiger partial charge < -0.3 is 10.1 Å². The Hall–Kier alpha value is -1.28. The maximum absolute atomic E-state index is 11.7. The maximum atomic E-state index is 11.7. The third kappa shape index (κ3) is 4.38. The molecule has 0 bridgehead atoms. The Bertz CT molecular complexity index is 572. The largest absolute Gasteiger partial charge is 0.481 e. The number of carbonyl (C=O) groups excluding carboxylic acids is 1. The third-order valence-electron chi connectivity index (χ3n) is 2.87. The van der Waals surface area contributed by atoms with Gasteiger partial charge in [-0.05, 0) is 12.5 Å². The van der Waals surface area contributed by atoms with E-state index in [1.165, 1.54) is 25.1 Å². The van der Waals surface area contributed by atoms with Crippen LogP contribution >= 0.6 is 11.8 Å². The van der Waals surface area contributed by atoms with Gasteiger partial charge in [0, 0.05) is 11.3 Å². The van der Waals surface area contributed by atoms with Crippen LogP contribution in [0.1, 0.15) is 6.42 Å². The number of hydrogen-bond donors (Lipinski definition) is 1. The quantitative estimate of drug-likeness (QED) is 0.870. The van der Waals surface area contributed by atoms with Crippen molar-refractivity contribution in [2.75, 3.05) is 29.7 Å². The summed E-state index contributed by atoms with van der Waals surface area (Å²) in [7, 11) is -1.37. The van der Waals surface area contributed by atoms with Crippen LogP contribution in [0.25, 0.3) is 0 Å². The Labute approximate surface area is 122 Å². The van der Waals surface area contributed by atoms with E-state index in [0.717, 1.165) is 0 Å². The van der Waals surface area contributed by atoms with E-state index in [-0.39, 0.29) is 28.4 Å². The number of ether oxygens (including phenoxy) is 1. The van der Waals surface area contributed by atoms with Gasteiger partial charge in [-0.15, -0.1) is 11.8 Å². The molecular formula is C12H16N2O4S2. The number of aromatic nitrogens is 1. The lowest BCUT2D eigenvalue weighted by Gasteiger charge is -2.08. The van der Waals surface area contributed by atoms with E-state index < -0.39 is 9.84 Å². The zero-order chi connectivity index (χ0) is 14.6. The summed E-state index contributed by atoms with van der Waals surface area (Å²) < 4.78 is 27.5. The molecule has 1 N–H and O–H groups in total. The Morgan fingerprint density at radius 1 is 1.55 bits per heavy atom. The number of hydrogen-bond acceptors (Lipinski definition) is 6. The van der Waals surface area contributed by atoms with Gasteiger partial charge >= 0.3 is 0 Å². The van der Waals surface area contributed by atoms with Crippen LogP contribution < -0.4 is 10.1 Å². The fourth-order valence-corrected chi connectivity index (χ4v) is 5.30. The van der Waals surface area contributed by atoms with Crippen molar-refractivity contribution in [1.29, 1.82) is 0 Å². The number of sulfone groups is 1. The fraction of sp³-hybridized carbons (Fsp3) is 0.500. The first kappa shape index (κ1) is 15.1. The first-order chi connectivity index (χ1) is 9.48. The van der Waals surface area contributed by atoms with Crippen LogP contribution in [0.5, 0.6) is 5.88 Å². The van der Waals surface area contributed by atoms with Crippen molar-refractivity contribution in [2.45, 2.75) is 11.7 Å². The predicted octanol–water partition coefficient (Wildman–Crippen LogP) is 0.949. The molecule has 1 amide bonds. The van der Waals surface area contributed by atoms with Crippen molar-refractivity contribution in [3.63, 3.8) is 0 Å². The molecule has 1 aromatic heterocycles. The summed E-state index contributed by atoms with van der Waals surface area (Å²) in [4.78, 5) is 15.7. The maximum Gasteiger partial charge on any atom is 0.234 e. The van der Waals surface area contributed by atoms with E-state index in [2.05, 4.69) is 10.3 Å². The van der Waals surface area contributed by atoms with Gasteiger partial charge in [-0.1, -0.05) is 0 Å². The number of carbonyl (C=O) groups is 1. The second-order valence-corrected chi connectivity index (χ2v) is 7.99. The Morgan fingerprint density at radius 3 is 2.90 bits per heavy atom. The molecule has 0 aliphatic carbocycles. The van der Waals surface area contributed by atoms with Gasteiger partial charge in [0.2, 0.25) is 11.8 Å². The van der Waals surface area contributed by atoms with Crippen molar-refractivity contribution in [3.05, 3.63) is 18.3 Å². The van der Waals surface area contributed by atoms with Crippen LogP contribution in [0.2, 0.25) is 0 Å². The Morgan fingerprint density at radius 2 is 2.35 bits per heavy atom. The zero-order valence-corrected chi connectivity index (χ0v) is 12.7. The molecule has 0 radical (unpaired) electrons. The molecule has 2 heterocycles. The summed E-state index contributed by atoms with van der Waals surface area (Å²) in [5, 5.41) is 2.74. The molecule has 8 heteroatoms. The van der Waals surface area contributed by atoms with E-state index in [9.17, 15) is 13.2 Å². The SMILES string of the molecule is COc1ccc(NC(=O)CS[C@@H]2CCS(=O)(=O)C2)cn1. The smallest absolute Gasteiger partial charge is 0.234 e. The molecule has 110 valence electrons. The minimum Gasteiger partial charge on any atom is -0.481 e. The summed E-state index contributed by atoms with van der Waals surface area (Å²) in [5.41, 5.74) is 0.593. The molecule has 1 atom stereocenters. The summed E-state index contributed by atoms with van der Waals surface area (Å²) >= 11 is 1.39. The Balaban J connectivity index is 1.78. The molecule has 0 saturated carbocycles. The van der Waals surface area contributed by atoms with Gasteiger partial charge in [0.25, 0.3) is 0 Å². The van der Waals surface area contributed by atoms with Crippen molar-refractivity contribution >= 4 is 33.2 Å². The van der Waals surface area contributed by atoms with Gasteiger partial charge in [0.15, 0.2) is 9.84 Å². The highest BCUT2D eigenvalue weighted by atomic mass is 32.2. The van der Waals surface area contributed by atoms with Crippen LogP contribution in [0.3, 0.4) is 0 Å².